The van der Waals surface area contributed by atoms with Crippen molar-refractivity contribution in [3.05, 3.63) is 63.1 Å². The monoisotopic (exact) mass is 374 g/mol. The van der Waals surface area contributed by atoms with E-state index >= 15 is 0 Å². The third kappa shape index (κ3) is 3.38. The summed E-state index contributed by atoms with van der Waals surface area (Å²) in [6, 6.07) is 7.79. The zero-order valence-corrected chi connectivity index (χ0v) is 13.9. The van der Waals surface area contributed by atoms with Gasteiger partial charge in [-0.2, -0.15) is 0 Å². The van der Waals surface area contributed by atoms with Crippen LogP contribution in [0.5, 0.6) is 5.75 Å². The molecule has 21 heavy (non-hydrogen) atoms. The van der Waals surface area contributed by atoms with Crippen molar-refractivity contribution in [2.45, 2.75) is 19.2 Å². The topological polar surface area (TPSA) is 9.23 Å². The summed E-state index contributed by atoms with van der Waals surface area (Å²) in [5.41, 5.74) is 0.809. The van der Waals surface area contributed by atoms with Crippen molar-refractivity contribution >= 4 is 27.5 Å². The molecule has 0 saturated heterocycles. The summed E-state index contributed by atoms with van der Waals surface area (Å²) in [5.74, 6) is -0.600. The zero-order chi connectivity index (χ0) is 15.6. The Kier molecular flexibility index (Phi) is 5.22. The molecule has 0 spiro atoms. The van der Waals surface area contributed by atoms with Crippen molar-refractivity contribution in [2.75, 3.05) is 6.61 Å². The number of halogens is 4. The third-order valence-electron chi connectivity index (χ3n) is 3.13. The van der Waals surface area contributed by atoms with Crippen LogP contribution in [-0.4, -0.2) is 6.61 Å². The lowest BCUT2D eigenvalue weighted by Gasteiger charge is -2.16. The second kappa shape index (κ2) is 6.75. The maximum Gasteiger partial charge on any atom is 0.134 e. The molecule has 0 aliphatic carbocycles. The van der Waals surface area contributed by atoms with Gasteiger partial charge in [-0.1, -0.05) is 28.1 Å². The van der Waals surface area contributed by atoms with Crippen LogP contribution in [0.1, 0.15) is 29.0 Å². The predicted octanol–water partition coefficient (Wildman–Crippen LogP) is 5.76. The van der Waals surface area contributed by atoms with E-state index in [1.54, 1.807) is 25.1 Å². The molecule has 0 aliphatic heterocycles. The van der Waals surface area contributed by atoms with Crippen LogP contribution in [0.15, 0.2) is 34.8 Å². The molecule has 0 fully saturated rings. The quantitative estimate of drug-likeness (QED) is 0.617. The molecule has 2 aromatic rings. The molecule has 0 N–H and O–H groups in total. The highest BCUT2D eigenvalue weighted by Crippen LogP contribution is 2.38. The second-order valence-electron chi connectivity index (χ2n) is 4.57. The molecule has 2 rings (SSSR count). The maximum atomic E-state index is 14.2. The molecule has 1 nitrogen and oxygen atoms in total. The van der Waals surface area contributed by atoms with Crippen LogP contribution in [0, 0.1) is 18.6 Å². The van der Waals surface area contributed by atoms with Crippen LogP contribution in [0.3, 0.4) is 0 Å². The van der Waals surface area contributed by atoms with Crippen LogP contribution < -0.4 is 4.74 Å². The molecule has 0 heterocycles. The van der Waals surface area contributed by atoms with E-state index in [4.69, 9.17) is 16.3 Å². The highest BCUT2D eigenvalue weighted by atomic mass is 79.9. The maximum absolute atomic E-state index is 14.2. The minimum Gasteiger partial charge on any atom is -0.494 e. The Bertz CT molecular complexity index is 661. The van der Waals surface area contributed by atoms with Crippen molar-refractivity contribution in [1.82, 2.24) is 0 Å². The van der Waals surface area contributed by atoms with Gasteiger partial charge in [-0.25, -0.2) is 8.78 Å². The zero-order valence-electron chi connectivity index (χ0n) is 11.6. The smallest absolute Gasteiger partial charge is 0.134 e. The van der Waals surface area contributed by atoms with Gasteiger partial charge in [-0.05, 0) is 43.2 Å². The molecule has 0 bridgehead atoms. The molecular weight excluding hydrogens is 362 g/mol. The summed E-state index contributed by atoms with van der Waals surface area (Å²) >= 11 is 9.67. The highest BCUT2D eigenvalue weighted by Gasteiger charge is 2.23. The van der Waals surface area contributed by atoms with E-state index < -0.39 is 17.0 Å². The van der Waals surface area contributed by atoms with Crippen LogP contribution in [-0.2, 0) is 0 Å². The Labute approximate surface area is 136 Å². The first-order valence-corrected chi connectivity index (χ1v) is 7.69. The van der Waals surface area contributed by atoms with E-state index in [0.717, 1.165) is 0 Å². The lowest BCUT2D eigenvalue weighted by molar-refractivity contribution is 0.340. The molecule has 0 amide bonds. The SMILES string of the molecule is CCOc1ccc(C(Cl)c2c(F)ccc(C)c2F)c(Br)c1. The first kappa shape index (κ1) is 16.2. The Morgan fingerprint density at radius 2 is 1.95 bits per heavy atom. The normalized spacial score (nSPS) is 12.3. The van der Waals surface area contributed by atoms with Gasteiger partial charge in [-0.15, -0.1) is 11.6 Å². The number of alkyl halides is 1. The Morgan fingerprint density at radius 1 is 1.24 bits per heavy atom. The number of benzene rings is 2. The standard InChI is InChI=1S/C16H14BrClF2O/c1-3-21-10-5-6-11(12(17)8-10)15(18)14-13(19)7-4-9(2)16(14)20/h4-8,15H,3H2,1-2H3. The Hall–Kier alpha value is -1.13. The average Bonchev–Trinajstić information content (AvgIpc) is 2.44. The summed E-state index contributed by atoms with van der Waals surface area (Å²) in [6.45, 7) is 4.00. The van der Waals surface area contributed by atoms with Crippen LogP contribution in [0.25, 0.3) is 0 Å². The van der Waals surface area contributed by atoms with Gasteiger partial charge in [0.1, 0.15) is 17.4 Å². The van der Waals surface area contributed by atoms with Crippen LogP contribution in [0.2, 0.25) is 0 Å². The van der Waals surface area contributed by atoms with Crippen LogP contribution >= 0.6 is 27.5 Å². The number of ether oxygens (including phenoxy) is 1. The van der Waals surface area contributed by atoms with E-state index in [2.05, 4.69) is 15.9 Å². The van der Waals surface area contributed by atoms with Crippen molar-refractivity contribution in [1.29, 1.82) is 0 Å². The molecule has 1 unspecified atom stereocenters. The molecule has 0 saturated carbocycles. The van der Waals surface area contributed by atoms with Crippen molar-refractivity contribution in [3.8, 4) is 5.75 Å². The number of hydrogen-bond acceptors (Lipinski definition) is 1. The van der Waals surface area contributed by atoms with Crippen molar-refractivity contribution < 1.29 is 13.5 Å². The lowest BCUT2D eigenvalue weighted by Crippen LogP contribution is -2.04. The number of rotatable bonds is 4. The number of hydrogen-bond donors (Lipinski definition) is 0. The molecule has 2 aromatic carbocycles. The second-order valence-corrected chi connectivity index (χ2v) is 5.86. The first-order valence-electron chi connectivity index (χ1n) is 6.46. The molecule has 0 aliphatic rings. The highest BCUT2D eigenvalue weighted by molar-refractivity contribution is 9.10. The van der Waals surface area contributed by atoms with E-state index in [-0.39, 0.29) is 5.56 Å². The fraction of sp³-hybridized carbons (Fsp3) is 0.250. The molecule has 0 radical (unpaired) electrons. The average molecular weight is 376 g/mol. The molecule has 0 aromatic heterocycles. The van der Waals surface area contributed by atoms with Gasteiger partial charge in [-0.3, -0.25) is 0 Å². The fourth-order valence-corrected chi connectivity index (χ4v) is 3.14. The van der Waals surface area contributed by atoms with E-state index in [1.807, 2.05) is 6.92 Å². The minimum absolute atomic E-state index is 0.137. The fourth-order valence-electron chi connectivity index (χ4n) is 2.04. The van der Waals surface area contributed by atoms with Gasteiger partial charge in [0.05, 0.1) is 12.0 Å². The van der Waals surface area contributed by atoms with Gasteiger partial charge in [0.2, 0.25) is 0 Å². The molecule has 5 heteroatoms. The van der Waals surface area contributed by atoms with Gasteiger partial charge >= 0.3 is 0 Å². The van der Waals surface area contributed by atoms with E-state index in [0.29, 0.717) is 28.0 Å². The largest absolute Gasteiger partial charge is 0.494 e. The van der Waals surface area contributed by atoms with Gasteiger partial charge < -0.3 is 4.74 Å². The molecule has 1 atom stereocenters. The summed E-state index contributed by atoms with van der Waals surface area (Å²) in [5, 5.41) is -0.921. The van der Waals surface area contributed by atoms with Gasteiger partial charge in [0.15, 0.2) is 0 Å². The van der Waals surface area contributed by atoms with E-state index in [1.165, 1.54) is 12.1 Å². The van der Waals surface area contributed by atoms with Crippen molar-refractivity contribution in [2.24, 2.45) is 0 Å². The van der Waals surface area contributed by atoms with Crippen molar-refractivity contribution in [3.63, 3.8) is 0 Å². The molecular formula is C16H14BrClF2O. The van der Waals surface area contributed by atoms with Gasteiger partial charge in [0, 0.05) is 10.0 Å². The Balaban J connectivity index is 2.45. The minimum atomic E-state index is -0.921. The molecule has 112 valence electrons. The summed E-state index contributed by atoms with van der Waals surface area (Å²) in [6.07, 6.45) is 0. The third-order valence-corrected chi connectivity index (χ3v) is 4.27. The summed E-state index contributed by atoms with van der Waals surface area (Å²) in [4.78, 5) is 0. The summed E-state index contributed by atoms with van der Waals surface area (Å²) < 4.78 is 34.1. The van der Waals surface area contributed by atoms with Gasteiger partial charge in [0.25, 0.3) is 0 Å². The summed E-state index contributed by atoms with van der Waals surface area (Å²) in [7, 11) is 0. The lowest BCUT2D eigenvalue weighted by atomic mass is 10.0. The predicted molar refractivity (Wildman–Crippen MR) is 84.1 cm³/mol. The van der Waals surface area contributed by atoms with E-state index in [9.17, 15) is 8.78 Å². The number of aryl methyl sites for hydroxylation is 1. The Morgan fingerprint density at radius 3 is 2.57 bits per heavy atom. The van der Waals surface area contributed by atoms with Crippen LogP contribution in [0.4, 0.5) is 8.78 Å². The first-order chi connectivity index (χ1) is 9.95.